The Balaban J connectivity index is 1.83. The number of Topliss-reactive ketones (excluding diaryl/α,β-unsaturated/α-hetero) is 1. The molecule has 0 bridgehead atoms. The monoisotopic (exact) mass is 350 g/mol. The first-order valence-corrected chi connectivity index (χ1v) is 9.46. The summed E-state index contributed by atoms with van der Waals surface area (Å²) in [5.74, 6) is 0.674. The highest BCUT2D eigenvalue weighted by molar-refractivity contribution is 6.09. The molecule has 2 aromatic rings. The molecular weight excluding hydrogens is 324 g/mol. The minimum Gasteiger partial charge on any atom is -0.299 e. The maximum atomic E-state index is 13.1. The Morgan fingerprint density at radius 2 is 1.85 bits per heavy atom. The first-order chi connectivity index (χ1) is 12.3. The predicted molar refractivity (Wildman–Crippen MR) is 100 cm³/mol. The van der Waals surface area contributed by atoms with Crippen molar-refractivity contribution in [2.75, 3.05) is 0 Å². The van der Waals surface area contributed by atoms with E-state index in [9.17, 15) is 9.59 Å². The van der Waals surface area contributed by atoms with E-state index in [1.807, 2.05) is 37.4 Å². The number of fused-ring (bicyclic) bond motifs is 3. The summed E-state index contributed by atoms with van der Waals surface area (Å²) in [5.41, 5.74) is 3.07. The molecule has 1 unspecified atom stereocenters. The van der Waals surface area contributed by atoms with Crippen LogP contribution in [-0.2, 0) is 23.7 Å². The van der Waals surface area contributed by atoms with Gasteiger partial charge in [-0.15, -0.1) is 0 Å². The van der Waals surface area contributed by atoms with Gasteiger partial charge in [-0.05, 0) is 25.2 Å². The molecule has 2 aliphatic carbocycles. The summed E-state index contributed by atoms with van der Waals surface area (Å²) in [4.78, 5) is 25.6. The third-order valence-electron chi connectivity index (χ3n) is 6.85. The average Bonchev–Trinajstić information content (AvgIpc) is 2.96. The van der Waals surface area contributed by atoms with Crippen LogP contribution in [0.25, 0.3) is 0 Å². The predicted octanol–water partition coefficient (Wildman–Crippen LogP) is 3.86. The molecule has 1 aromatic carbocycles. The van der Waals surface area contributed by atoms with Gasteiger partial charge in [0.1, 0.15) is 11.5 Å². The number of aryl methyl sites for hydroxylation is 1. The lowest BCUT2D eigenvalue weighted by atomic mass is 9.51. The van der Waals surface area contributed by atoms with Crippen LogP contribution in [0.2, 0.25) is 0 Å². The van der Waals surface area contributed by atoms with Gasteiger partial charge >= 0.3 is 0 Å². The lowest BCUT2D eigenvalue weighted by Crippen LogP contribution is -2.52. The van der Waals surface area contributed by atoms with E-state index in [1.54, 1.807) is 4.68 Å². The van der Waals surface area contributed by atoms with Gasteiger partial charge in [0.2, 0.25) is 5.78 Å². The van der Waals surface area contributed by atoms with Gasteiger partial charge in [-0.2, -0.15) is 5.10 Å². The molecule has 1 aromatic heterocycles. The first kappa shape index (κ1) is 17.2. The van der Waals surface area contributed by atoms with Gasteiger partial charge in [-0.1, -0.05) is 51.1 Å². The summed E-state index contributed by atoms with van der Waals surface area (Å²) in [7, 11) is 1.87. The minimum absolute atomic E-state index is 0.0371. The molecule has 0 radical (unpaired) electrons. The normalized spacial score (nSPS) is 26.9. The van der Waals surface area contributed by atoms with Crippen molar-refractivity contribution in [3.05, 3.63) is 52.8 Å². The van der Waals surface area contributed by atoms with Crippen molar-refractivity contribution in [1.82, 2.24) is 9.78 Å². The molecule has 0 saturated heterocycles. The Bertz CT molecular complexity index is 894. The summed E-state index contributed by atoms with van der Waals surface area (Å²) >= 11 is 0. The molecular formula is C22H26N2O2. The molecule has 136 valence electrons. The Morgan fingerprint density at radius 1 is 1.15 bits per heavy atom. The van der Waals surface area contributed by atoms with Crippen LogP contribution in [-0.4, -0.2) is 21.3 Å². The maximum Gasteiger partial charge on any atom is 0.211 e. The lowest BCUT2D eigenvalue weighted by molar-refractivity contribution is -0.137. The van der Waals surface area contributed by atoms with Crippen LogP contribution >= 0.6 is 0 Å². The van der Waals surface area contributed by atoms with Gasteiger partial charge in [0.15, 0.2) is 0 Å². The van der Waals surface area contributed by atoms with Gasteiger partial charge in [0.25, 0.3) is 0 Å². The van der Waals surface area contributed by atoms with Gasteiger partial charge in [-0.3, -0.25) is 14.3 Å². The molecule has 0 amide bonds. The van der Waals surface area contributed by atoms with Crippen LogP contribution in [0.3, 0.4) is 0 Å². The van der Waals surface area contributed by atoms with Crippen molar-refractivity contribution in [2.24, 2.45) is 18.4 Å². The summed E-state index contributed by atoms with van der Waals surface area (Å²) in [5, 5.41) is 4.83. The van der Waals surface area contributed by atoms with Crippen molar-refractivity contribution in [3.8, 4) is 0 Å². The van der Waals surface area contributed by atoms with Crippen molar-refractivity contribution < 1.29 is 9.59 Å². The van der Waals surface area contributed by atoms with Gasteiger partial charge < -0.3 is 0 Å². The van der Waals surface area contributed by atoms with E-state index in [0.717, 1.165) is 30.5 Å². The molecule has 2 aliphatic rings. The number of aromatic nitrogens is 2. The first-order valence-electron chi connectivity index (χ1n) is 9.46. The number of hydrogen-bond acceptors (Lipinski definition) is 3. The molecule has 1 saturated carbocycles. The molecule has 4 heteroatoms. The summed E-state index contributed by atoms with van der Waals surface area (Å²) in [6.45, 7) is 6.41. The van der Waals surface area contributed by atoms with Crippen molar-refractivity contribution >= 4 is 11.6 Å². The van der Waals surface area contributed by atoms with E-state index in [1.165, 1.54) is 0 Å². The third-order valence-corrected chi connectivity index (χ3v) is 6.85. The number of benzene rings is 1. The second-order valence-corrected chi connectivity index (χ2v) is 8.65. The number of rotatable bonds is 2. The van der Waals surface area contributed by atoms with Crippen LogP contribution in [0, 0.1) is 11.3 Å². The molecule has 1 heterocycles. The largest absolute Gasteiger partial charge is 0.299 e. The second-order valence-electron chi connectivity index (χ2n) is 8.65. The SMILES string of the molecule is Cn1nc2c(c1C(=O)c1ccccc1)CCC1C(C)(C)C(=O)CC[C@]21C. The number of nitrogens with zero attached hydrogens (tertiary/aromatic N) is 2. The number of carbonyl (C=O) groups excluding carboxylic acids is 2. The zero-order chi connectivity index (χ0) is 18.7. The summed E-state index contributed by atoms with van der Waals surface area (Å²) in [6.07, 6.45) is 3.16. The quantitative estimate of drug-likeness (QED) is 0.773. The lowest BCUT2D eigenvalue weighted by Gasteiger charge is -2.51. The summed E-state index contributed by atoms with van der Waals surface area (Å²) < 4.78 is 1.76. The van der Waals surface area contributed by atoms with Gasteiger partial charge in [0, 0.05) is 35.4 Å². The van der Waals surface area contributed by atoms with Crippen LogP contribution in [0.4, 0.5) is 0 Å². The Kier molecular flexibility index (Phi) is 3.73. The van der Waals surface area contributed by atoms with E-state index in [0.29, 0.717) is 23.5 Å². The van der Waals surface area contributed by atoms with Gasteiger partial charge in [-0.25, -0.2) is 0 Å². The van der Waals surface area contributed by atoms with Crippen molar-refractivity contribution in [1.29, 1.82) is 0 Å². The zero-order valence-corrected chi connectivity index (χ0v) is 16.0. The standard InChI is InChI=1S/C22H26N2O2/c1-21(2)16-11-10-15-18(19(26)14-8-6-5-7-9-14)24(4)23-20(15)22(16,3)13-12-17(21)25/h5-9,16H,10-13H2,1-4H3/t16?,22-/m0/s1. The molecule has 0 N–H and O–H groups in total. The Morgan fingerprint density at radius 3 is 2.54 bits per heavy atom. The third kappa shape index (κ3) is 2.24. The number of ketones is 2. The van der Waals surface area contributed by atoms with E-state index < -0.39 is 0 Å². The molecule has 26 heavy (non-hydrogen) atoms. The molecule has 0 aliphatic heterocycles. The summed E-state index contributed by atoms with van der Waals surface area (Å²) in [6, 6.07) is 9.42. The maximum absolute atomic E-state index is 13.1. The zero-order valence-electron chi connectivity index (χ0n) is 16.0. The van der Waals surface area contributed by atoms with Crippen molar-refractivity contribution in [3.63, 3.8) is 0 Å². The van der Waals surface area contributed by atoms with Crippen LogP contribution in [0.1, 0.15) is 67.3 Å². The number of carbonyl (C=O) groups is 2. The minimum atomic E-state index is -0.328. The topological polar surface area (TPSA) is 52.0 Å². The Labute approximate surface area is 154 Å². The number of hydrogen-bond donors (Lipinski definition) is 0. The fourth-order valence-electron chi connectivity index (χ4n) is 5.39. The highest BCUT2D eigenvalue weighted by atomic mass is 16.1. The highest BCUT2D eigenvalue weighted by Crippen LogP contribution is 2.55. The van der Waals surface area contributed by atoms with Crippen molar-refractivity contribution in [2.45, 2.75) is 51.9 Å². The molecule has 1 fully saturated rings. The van der Waals surface area contributed by atoms with E-state index in [4.69, 9.17) is 5.10 Å². The Hall–Kier alpha value is -2.23. The van der Waals surface area contributed by atoms with E-state index in [2.05, 4.69) is 20.8 Å². The van der Waals surface area contributed by atoms with Crippen LogP contribution < -0.4 is 0 Å². The highest BCUT2D eigenvalue weighted by Gasteiger charge is 2.55. The average molecular weight is 350 g/mol. The van der Waals surface area contributed by atoms with Gasteiger partial charge in [0.05, 0.1) is 5.69 Å². The molecule has 2 atom stereocenters. The second kappa shape index (κ2) is 5.63. The smallest absolute Gasteiger partial charge is 0.211 e. The molecule has 4 rings (SSSR count). The van der Waals surface area contributed by atoms with Crippen LogP contribution in [0.5, 0.6) is 0 Å². The van der Waals surface area contributed by atoms with E-state index in [-0.39, 0.29) is 22.5 Å². The molecule has 4 nitrogen and oxygen atoms in total. The van der Waals surface area contributed by atoms with E-state index >= 15 is 0 Å². The fourth-order valence-corrected chi connectivity index (χ4v) is 5.39. The fraction of sp³-hybridized carbons (Fsp3) is 0.500. The van der Waals surface area contributed by atoms with Crippen LogP contribution in [0.15, 0.2) is 30.3 Å². The molecule has 0 spiro atoms.